The van der Waals surface area contributed by atoms with E-state index in [9.17, 15) is 0 Å². The average molecular weight is 286 g/mol. The molecule has 114 valence electrons. The molecule has 4 atom stereocenters. The van der Waals surface area contributed by atoms with Crippen LogP contribution in [0.15, 0.2) is 12.8 Å². The van der Waals surface area contributed by atoms with Gasteiger partial charge in [0.15, 0.2) is 11.6 Å². The fraction of sp³-hybridized carbons (Fsp3) is 0.857. The fourth-order valence-corrected chi connectivity index (χ4v) is 3.05. The van der Waals surface area contributed by atoms with Crippen molar-refractivity contribution in [2.75, 3.05) is 13.2 Å². The zero-order valence-electron chi connectivity index (χ0n) is 12.4. The molecule has 0 saturated carbocycles. The van der Waals surface area contributed by atoms with Gasteiger partial charge in [0.2, 0.25) is 5.79 Å². The Morgan fingerprint density at radius 3 is 2.60 bits per heavy atom. The van der Waals surface area contributed by atoms with Gasteiger partial charge in [-0.05, 0) is 27.7 Å². The Bertz CT molecular complexity index is 406. The molecular formula is C14H22O6. The van der Waals surface area contributed by atoms with Gasteiger partial charge in [0, 0.05) is 0 Å². The first-order valence-electron chi connectivity index (χ1n) is 6.87. The van der Waals surface area contributed by atoms with Crippen molar-refractivity contribution in [1.82, 2.24) is 0 Å². The van der Waals surface area contributed by atoms with Gasteiger partial charge in [-0.25, -0.2) is 0 Å². The average Bonchev–Trinajstić information content (AvgIpc) is 2.74. The summed E-state index contributed by atoms with van der Waals surface area (Å²) in [5.41, 5.74) is 0. The van der Waals surface area contributed by atoms with E-state index in [1.54, 1.807) is 0 Å². The zero-order chi connectivity index (χ0) is 14.6. The Balaban J connectivity index is 1.86. The Labute approximate surface area is 118 Å². The summed E-state index contributed by atoms with van der Waals surface area (Å²) in [6.45, 7) is 11.7. The zero-order valence-corrected chi connectivity index (χ0v) is 12.4. The van der Waals surface area contributed by atoms with Gasteiger partial charge in [0.05, 0.1) is 12.9 Å². The third-order valence-electron chi connectivity index (χ3n) is 3.70. The van der Waals surface area contributed by atoms with Gasteiger partial charge < -0.3 is 28.4 Å². The van der Waals surface area contributed by atoms with Crippen LogP contribution in [0.3, 0.4) is 0 Å². The molecule has 0 aromatic heterocycles. The summed E-state index contributed by atoms with van der Waals surface area (Å²) >= 11 is 0. The summed E-state index contributed by atoms with van der Waals surface area (Å²) in [6, 6.07) is 0. The van der Waals surface area contributed by atoms with Crippen LogP contribution in [0.4, 0.5) is 0 Å². The van der Waals surface area contributed by atoms with Crippen LogP contribution >= 0.6 is 0 Å². The predicted molar refractivity (Wildman–Crippen MR) is 68.7 cm³/mol. The lowest BCUT2D eigenvalue weighted by atomic mass is 10.0. The smallest absolute Gasteiger partial charge is 0.235 e. The van der Waals surface area contributed by atoms with Crippen molar-refractivity contribution >= 4 is 0 Å². The minimum Gasteiger partial charge on any atom is -0.496 e. The summed E-state index contributed by atoms with van der Waals surface area (Å²) < 4.78 is 34.9. The van der Waals surface area contributed by atoms with Crippen LogP contribution in [0, 0.1) is 0 Å². The van der Waals surface area contributed by atoms with Gasteiger partial charge in [-0.2, -0.15) is 0 Å². The monoisotopic (exact) mass is 286 g/mol. The second kappa shape index (κ2) is 4.42. The molecule has 6 heteroatoms. The molecule has 3 aliphatic heterocycles. The largest absolute Gasteiger partial charge is 0.496 e. The van der Waals surface area contributed by atoms with E-state index in [0.717, 1.165) is 0 Å². The molecule has 0 amide bonds. The molecule has 20 heavy (non-hydrogen) atoms. The number of ether oxygens (including phenoxy) is 6. The molecule has 0 radical (unpaired) electrons. The molecule has 0 aromatic rings. The first-order chi connectivity index (χ1) is 9.27. The van der Waals surface area contributed by atoms with E-state index in [4.69, 9.17) is 28.4 Å². The molecule has 0 N–H and O–H groups in total. The van der Waals surface area contributed by atoms with Gasteiger partial charge in [0.25, 0.3) is 0 Å². The van der Waals surface area contributed by atoms with Crippen LogP contribution < -0.4 is 0 Å². The Hall–Kier alpha value is -0.660. The Morgan fingerprint density at radius 1 is 1.15 bits per heavy atom. The summed E-state index contributed by atoms with van der Waals surface area (Å²) in [7, 11) is 0. The van der Waals surface area contributed by atoms with Gasteiger partial charge in [-0.15, -0.1) is 0 Å². The number of rotatable bonds is 3. The van der Waals surface area contributed by atoms with Crippen LogP contribution in [-0.4, -0.2) is 48.9 Å². The van der Waals surface area contributed by atoms with Gasteiger partial charge >= 0.3 is 0 Å². The third kappa shape index (κ3) is 2.25. The second-order valence-corrected chi connectivity index (χ2v) is 6.28. The normalized spacial score (nSPS) is 44.7. The highest BCUT2D eigenvalue weighted by Gasteiger charge is 2.67. The minimum absolute atomic E-state index is 0.210. The molecule has 3 heterocycles. The van der Waals surface area contributed by atoms with Gasteiger partial charge in [0.1, 0.15) is 24.9 Å². The molecule has 0 bridgehead atoms. The highest BCUT2D eigenvalue weighted by Crippen LogP contribution is 2.48. The minimum atomic E-state index is -0.975. The van der Waals surface area contributed by atoms with E-state index < -0.39 is 17.4 Å². The van der Waals surface area contributed by atoms with Crippen LogP contribution in [0.1, 0.15) is 27.7 Å². The summed E-state index contributed by atoms with van der Waals surface area (Å²) in [5, 5.41) is 0. The highest BCUT2D eigenvalue weighted by molar-refractivity contribution is 5.05. The van der Waals surface area contributed by atoms with Crippen molar-refractivity contribution in [3.05, 3.63) is 12.8 Å². The van der Waals surface area contributed by atoms with E-state index in [2.05, 4.69) is 6.58 Å². The number of hydrogen-bond acceptors (Lipinski definition) is 6. The lowest BCUT2D eigenvalue weighted by Crippen LogP contribution is -2.51. The van der Waals surface area contributed by atoms with Crippen LogP contribution in [-0.2, 0) is 28.4 Å². The summed E-state index contributed by atoms with van der Waals surface area (Å²) in [5.74, 6) is -2.38. The topological polar surface area (TPSA) is 55.4 Å². The highest BCUT2D eigenvalue weighted by atomic mass is 16.9. The molecule has 6 nitrogen and oxygen atoms in total. The van der Waals surface area contributed by atoms with Crippen molar-refractivity contribution in [3.63, 3.8) is 0 Å². The second-order valence-electron chi connectivity index (χ2n) is 6.28. The standard InChI is InChI=1S/C14H22O6/c1-6-15-8-14-11(19-13(4,5)20-14)10-9(17-14)7-16-12(2,3)18-10/h6,9-11H,1,7-8H2,2-5H3/t9-,10+,11-,14-/m0/s1. The lowest BCUT2D eigenvalue weighted by Gasteiger charge is -2.38. The number of hydrogen-bond donors (Lipinski definition) is 0. The molecule has 0 aliphatic carbocycles. The summed E-state index contributed by atoms with van der Waals surface area (Å²) in [4.78, 5) is 0. The maximum absolute atomic E-state index is 6.04. The Kier molecular flexibility index (Phi) is 3.15. The first-order valence-corrected chi connectivity index (χ1v) is 6.87. The molecule has 3 fully saturated rings. The van der Waals surface area contributed by atoms with Crippen molar-refractivity contribution < 1.29 is 28.4 Å². The van der Waals surface area contributed by atoms with Crippen molar-refractivity contribution in [2.24, 2.45) is 0 Å². The van der Waals surface area contributed by atoms with Crippen LogP contribution in [0.2, 0.25) is 0 Å². The molecule has 0 unspecified atom stereocenters. The van der Waals surface area contributed by atoms with E-state index in [1.165, 1.54) is 6.26 Å². The van der Waals surface area contributed by atoms with Crippen molar-refractivity contribution in [2.45, 2.75) is 63.4 Å². The van der Waals surface area contributed by atoms with Crippen LogP contribution in [0.5, 0.6) is 0 Å². The van der Waals surface area contributed by atoms with Crippen molar-refractivity contribution in [3.8, 4) is 0 Å². The molecule has 0 spiro atoms. The summed E-state index contributed by atoms with van der Waals surface area (Å²) in [6.07, 6.45) is 0.546. The van der Waals surface area contributed by atoms with Crippen molar-refractivity contribution in [1.29, 1.82) is 0 Å². The van der Waals surface area contributed by atoms with E-state index >= 15 is 0 Å². The predicted octanol–water partition coefficient (Wildman–Crippen LogP) is 1.54. The molecule has 0 aromatic carbocycles. The fourth-order valence-electron chi connectivity index (χ4n) is 3.05. The maximum Gasteiger partial charge on any atom is 0.235 e. The lowest BCUT2D eigenvalue weighted by molar-refractivity contribution is -0.330. The SMILES string of the molecule is C=COC[C@@]12O[C@H]3COC(C)(C)O[C@H]3[C@@H]1OC(C)(C)O2. The Morgan fingerprint density at radius 2 is 1.90 bits per heavy atom. The van der Waals surface area contributed by atoms with Crippen LogP contribution in [0.25, 0.3) is 0 Å². The molecular weight excluding hydrogens is 264 g/mol. The molecule has 3 rings (SSSR count). The van der Waals surface area contributed by atoms with E-state index in [0.29, 0.717) is 6.61 Å². The molecule has 3 aliphatic rings. The molecule has 3 saturated heterocycles. The van der Waals surface area contributed by atoms with E-state index in [1.807, 2.05) is 27.7 Å². The third-order valence-corrected chi connectivity index (χ3v) is 3.70. The van der Waals surface area contributed by atoms with E-state index in [-0.39, 0.29) is 24.9 Å². The number of fused-ring (bicyclic) bond motifs is 3. The van der Waals surface area contributed by atoms with Gasteiger partial charge in [-0.3, -0.25) is 0 Å². The quantitative estimate of drug-likeness (QED) is 0.734. The first kappa shape index (κ1) is 14.3. The van der Waals surface area contributed by atoms with Gasteiger partial charge in [-0.1, -0.05) is 6.58 Å². The maximum atomic E-state index is 6.04.